The van der Waals surface area contributed by atoms with Gasteiger partial charge in [0, 0.05) is 17.5 Å². The van der Waals surface area contributed by atoms with E-state index in [-0.39, 0.29) is 17.7 Å². The van der Waals surface area contributed by atoms with Gasteiger partial charge in [0.25, 0.3) is 0 Å². The molecule has 1 heterocycles. The van der Waals surface area contributed by atoms with E-state index in [4.69, 9.17) is 11.6 Å². The number of aromatic nitrogens is 3. The standard InChI is InChI=1S/C12H12ClF2N3/c1-7(2)11-16-17-12(13)18(11)6-8-3-4-9(14)5-10(8)15/h3-5,7H,6H2,1-2H3. The molecular formula is C12H12ClF2N3. The molecule has 6 heteroatoms. The lowest BCUT2D eigenvalue weighted by molar-refractivity contribution is 0.561. The van der Waals surface area contributed by atoms with Gasteiger partial charge in [0.2, 0.25) is 5.28 Å². The molecule has 3 nitrogen and oxygen atoms in total. The Labute approximate surface area is 108 Å². The van der Waals surface area contributed by atoms with E-state index < -0.39 is 11.6 Å². The van der Waals surface area contributed by atoms with Crippen LogP contribution in [-0.2, 0) is 6.54 Å². The fourth-order valence-corrected chi connectivity index (χ4v) is 1.87. The van der Waals surface area contributed by atoms with Crippen LogP contribution in [0, 0.1) is 11.6 Å². The fourth-order valence-electron chi connectivity index (χ4n) is 1.69. The van der Waals surface area contributed by atoms with Crippen LogP contribution in [0.2, 0.25) is 5.28 Å². The molecule has 0 bridgehead atoms. The lowest BCUT2D eigenvalue weighted by atomic mass is 10.2. The summed E-state index contributed by atoms with van der Waals surface area (Å²) in [5.74, 6) is -0.415. The second-order valence-corrected chi connectivity index (χ2v) is 4.64. The first-order valence-electron chi connectivity index (χ1n) is 5.51. The number of benzene rings is 1. The van der Waals surface area contributed by atoms with E-state index in [9.17, 15) is 8.78 Å². The van der Waals surface area contributed by atoms with Gasteiger partial charge in [-0.15, -0.1) is 10.2 Å². The van der Waals surface area contributed by atoms with Crippen LogP contribution < -0.4 is 0 Å². The Morgan fingerprint density at radius 3 is 2.61 bits per heavy atom. The van der Waals surface area contributed by atoms with Gasteiger partial charge in [-0.3, -0.25) is 4.57 Å². The Bertz CT molecular complexity index is 566. The van der Waals surface area contributed by atoms with Gasteiger partial charge in [0.1, 0.15) is 17.5 Å². The second kappa shape index (κ2) is 5.02. The molecule has 96 valence electrons. The highest BCUT2D eigenvalue weighted by molar-refractivity contribution is 6.28. The zero-order valence-electron chi connectivity index (χ0n) is 9.99. The molecule has 0 saturated heterocycles. The topological polar surface area (TPSA) is 30.7 Å². The Hall–Kier alpha value is -1.49. The van der Waals surface area contributed by atoms with Crippen molar-refractivity contribution in [2.24, 2.45) is 0 Å². The van der Waals surface area contributed by atoms with Crippen molar-refractivity contribution in [1.82, 2.24) is 14.8 Å². The predicted octanol–water partition coefficient (Wildman–Crippen LogP) is 3.38. The molecule has 0 N–H and O–H groups in total. The molecule has 0 atom stereocenters. The Balaban J connectivity index is 2.36. The van der Waals surface area contributed by atoms with Crippen molar-refractivity contribution in [2.75, 3.05) is 0 Å². The molecule has 0 radical (unpaired) electrons. The summed E-state index contributed by atoms with van der Waals surface area (Å²) in [6, 6.07) is 3.46. The third kappa shape index (κ3) is 2.51. The zero-order chi connectivity index (χ0) is 13.3. The van der Waals surface area contributed by atoms with Gasteiger partial charge in [-0.05, 0) is 17.7 Å². The van der Waals surface area contributed by atoms with Crippen LogP contribution >= 0.6 is 11.6 Å². The van der Waals surface area contributed by atoms with Gasteiger partial charge in [-0.25, -0.2) is 8.78 Å². The predicted molar refractivity (Wildman–Crippen MR) is 64.6 cm³/mol. The van der Waals surface area contributed by atoms with E-state index in [1.54, 1.807) is 4.57 Å². The number of hydrogen-bond donors (Lipinski definition) is 0. The van der Waals surface area contributed by atoms with Crippen LogP contribution in [0.25, 0.3) is 0 Å². The van der Waals surface area contributed by atoms with Crippen molar-refractivity contribution in [1.29, 1.82) is 0 Å². The SMILES string of the molecule is CC(C)c1nnc(Cl)n1Cc1ccc(F)cc1F. The van der Waals surface area contributed by atoms with Crippen LogP contribution in [0.4, 0.5) is 8.78 Å². The van der Waals surface area contributed by atoms with Crippen molar-refractivity contribution in [3.8, 4) is 0 Å². The van der Waals surface area contributed by atoms with E-state index in [1.807, 2.05) is 13.8 Å². The number of halogens is 3. The molecule has 0 amide bonds. The molecule has 0 unspecified atom stereocenters. The van der Waals surface area contributed by atoms with Crippen molar-refractivity contribution in [2.45, 2.75) is 26.3 Å². The first-order chi connectivity index (χ1) is 8.49. The van der Waals surface area contributed by atoms with Gasteiger partial charge in [-0.1, -0.05) is 19.9 Å². The zero-order valence-corrected chi connectivity index (χ0v) is 10.7. The third-order valence-electron chi connectivity index (χ3n) is 2.59. The summed E-state index contributed by atoms with van der Waals surface area (Å²) in [4.78, 5) is 0. The first kappa shape index (κ1) is 13.0. The maximum atomic E-state index is 13.6. The molecule has 0 spiro atoms. The van der Waals surface area contributed by atoms with E-state index in [2.05, 4.69) is 10.2 Å². The molecule has 2 rings (SSSR count). The second-order valence-electron chi connectivity index (χ2n) is 4.30. The average Bonchev–Trinajstić information content (AvgIpc) is 2.64. The molecule has 18 heavy (non-hydrogen) atoms. The van der Waals surface area contributed by atoms with Gasteiger partial charge in [0.05, 0.1) is 6.54 Å². The molecular weight excluding hydrogens is 260 g/mol. The smallest absolute Gasteiger partial charge is 0.225 e. The van der Waals surface area contributed by atoms with Crippen molar-refractivity contribution < 1.29 is 8.78 Å². The summed E-state index contributed by atoms with van der Waals surface area (Å²) in [5.41, 5.74) is 0.347. The lowest BCUT2D eigenvalue weighted by Crippen LogP contribution is -2.08. The summed E-state index contributed by atoms with van der Waals surface area (Å²) in [6.07, 6.45) is 0. The lowest BCUT2D eigenvalue weighted by Gasteiger charge is -2.10. The van der Waals surface area contributed by atoms with E-state index in [0.717, 1.165) is 6.07 Å². The number of nitrogens with zero attached hydrogens (tertiary/aromatic N) is 3. The van der Waals surface area contributed by atoms with E-state index in [0.29, 0.717) is 11.4 Å². The summed E-state index contributed by atoms with van der Waals surface area (Å²) in [6.45, 7) is 4.07. The minimum atomic E-state index is -0.602. The van der Waals surface area contributed by atoms with E-state index >= 15 is 0 Å². The summed E-state index contributed by atoms with van der Waals surface area (Å²) >= 11 is 5.92. The van der Waals surface area contributed by atoms with Crippen molar-refractivity contribution in [3.05, 3.63) is 46.5 Å². The summed E-state index contributed by atoms with van der Waals surface area (Å²) in [7, 11) is 0. The molecule has 2 aromatic rings. The first-order valence-corrected chi connectivity index (χ1v) is 5.89. The van der Waals surface area contributed by atoms with Gasteiger partial charge < -0.3 is 0 Å². The van der Waals surface area contributed by atoms with Gasteiger partial charge in [0.15, 0.2) is 0 Å². The highest BCUT2D eigenvalue weighted by Crippen LogP contribution is 2.20. The van der Waals surface area contributed by atoms with Crippen LogP contribution in [0.5, 0.6) is 0 Å². The van der Waals surface area contributed by atoms with Crippen molar-refractivity contribution >= 4 is 11.6 Å². The minimum absolute atomic E-state index is 0.119. The van der Waals surface area contributed by atoms with Crippen LogP contribution in [0.3, 0.4) is 0 Å². The molecule has 1 aromatic heterocycles. The molecule has 1 aromatic carbocycles. The third-order valence-corrected chi connectivity index (χ3v) is 2.87. The maximum Gasteiger partial charge on any atom is 0.225 e. The fraction of sp³-hybridized carbons (Fsp3) is 0.333. The maximum absolute atomic E-state index is 13.6. The highest BCUT2D eigenvalue weighted by Gasteiger charge is 2.15. The molecule has 0 fully saturated rings. The molecule has 0 saturated carbocycles. The Morgan fingerprint density at radius 1 is 1.28 bits per heavy atom. The highest BCUT2D eigenvalue weighted by atomic mass is 35.5. The van der Waals surface area contributed by atoms with E-state index in [1.165, 1.54) is 12.1 Å². The average molecular weight is 272 g/mol. The van der Waals surface area contributed by atoms with Crippen LogP contribution in [0.1, 0.15) is 31.2 Å². The normalized spacial score (nSPS) is 11.2. The minimum Gasteiger partial charge on any atom is -0.297 e. The van der Waals surface area contributed by atoms with Crippen molar-refractivity contribution in [3.63, 3.8) is 0 Å². The number of hydrogen-bond acceptors (Lipinski definition) is 2. The molecule has 0 aliphatic rings. The molecule has 0 aliphatic carbocycles. The monoisotopic (exact) mass is 271 g/mol. The van der Waals surface area contributed by atoms with Gasteiger partial charge >= 0.3 is 0 Å². The largest absolute Gasteiger partial charge is 0.297 e. The summed E-state index contributed by atoms with van der Waals surface area (Å²) < 4.78 is 28.0. The molecule has 0 aliphatic heterocycles. The Morgan fingerprint density at radius 2 is 2.00 bits per heavy atom. The quantitative estimate of drug-likeness (QED) is 0.857. The Kier molecular flexibility index (Phi) is 3.61. The number of rotatable bonds is 3. The van der Waals surface area contributed by atoms with Gasteiger partial charge in [-0.2, -0.15) is 0 Å². The summed E-state index contributed by atoms with van der Waals surface area (Å²) in [5, 5.41) is 7.90. The van der Waals surface area contributed by atoms with Crippen LogP contribution in [-0.4, -0.2) is 14.8 Å². The van der Waals surface area contributed by atoms with Crippen LogP contribution in [0.15, 0.2) is 18.2 Å².